The van der Waals surface area contributed by atoms with Gasteiger partial charge >= 0.3 is 12.2 Å². The molecule has 0 amide bonds. The Morgan fingerprint density at radius 1 is 1.20 bits per heavy atom. The van der Waals surface area contributed by atoms with Crippen LogP contribution in [0.2, 0.25) is 0 Å². The Labute approximate surface area is 52.1 Å². The van der Waals surface area contributed by atoms with Crippen LogP contribution >= 0.6 is 0 Å². The van der Waals surface area contributed by atoms with Gasteiger partial charge in [0, 0.05) is 0 Å². The molecule has 0 unspecified atom stereocenters. The lowest BCUT2D eigenvalue weighted by Crippen LogP contribution is -2.04. The Kier molecular flexibility index (Phi) is 2.50. The first kappa shape index (κ1) is 9.06. The van der Waals surface area contributed by atoms with Crippen LogP contribution in [0.15, 0.2) is 11.9 Å². The largest absolute Gasteiger partial charge is 0.412 e. The van der Waals surface area contributed by atoms with Crippen molar-refractivity contribution in [1.82, 2.24) is 0 Å². The Hall–Kier alpha value is -0.940. The quantitative estimate of drug-likeness (QED) is 0.325. The molecule has 0 spiro atoms. The molecule has 0 aliphatic rings. The number of allylic oxidation sites excluding steroid dienone is 2. The number of carbonyl (C=O) groups is 1. The molecule has 0 bridgehead atoms. The first-order valence-electron chi connectivity index (χ1n) is 1.98. The molecule has 0 N–H and O–H groups in total. The summed E-state index contributed by atoms with van der Waals surface area (Å²) in [7, 11) is 0. The van der Waals surface area contributed by atoms with Gasteiger partial charge in [-0.05, 0) is 0 Å². The van der Waals surface area contributed by atoms with Crippen LogP contribution in [-0.4, -0.2) is 12.2 Å². The van der Waals surface area contributed by atoms with Gasteiger partial charge < -0.3 is 0 Å². The zero-order chi connectivity index (χ0) is 8.36. The highest BCUT2D eigenvalue weighted by atomic mass is 19.4. The molecule has 58 valence electrons. The first-order chi connectivity index (χ1) is 4.33. The number of carbonyl (C=O) groups excluding carboxylic acids is 1. The summed E-state index contributed by atoms with van der Waals surface area (Å²) < 4.78 is 55.6. The Morgan fingerprint density at radius 2 is 1.60 bits per heavy atom. The van der Waals surface area contributed by atoms with Gasteiger partial charge in [0.05, 0.1) is 6.08 Å². The number of rotatable bonds is 1. The van der Waals surface area contributed by atoms with Crippen molar-refractivity contribution in [3.63, 3.8) is 0 Å². The van der Waals surface area contributed by atoms with E-state index in [4.69, 9.17) is 0 Å². The molecule has 0 radical (unpaired) electrons. The molecular weight excluding hydrogens is 159 g/mol. The van der Waals surface area contributed by atoms with Gasteiger partial charge in [0.1, 0.15) is 0 Å². The lowest BCUT2D eigenvalue weighted by atomic mass is 10.5. The number of halogens is 5. The maximum atomic E-state index is 11.4. The van der Waals surface area contributed by atoms with E-state index in [1.807, 2.05) is 0 Å². The summed E-state index contributed by atoms with van der Waals surface area (Å²) in [4.78, 5) is 9.21. The summed E-state index contributed by atoms with van der Waals surface area (Å²) in [6.07, 6.45) is -6.04. The summed E-state index contributed by atoms with van der Waals surface area (Å²) in [6.45, 7) is 0. The van der Waals surface area contributed by atoms with E-state index in [1.165, 1.54) is 0 Å². The van der Waals surface area contributed by atoms with Crippen LogP contribution in [-0.2, 0) is 4.79 Å². The molecule has 0 fully saturated rings. The molecule has 0 aliphatic carbocycles. The summed E-state index contributed by atoms with van der Waals surface area (Å²) in [5.74, 6) is -2.44. The van der Waals surface area contributed by atoms with Crippen LogP contribution < -0.4 is 0 Å². The third kappa shape index (κ3) is 3.99. The second-order valence-corrected chi connectivity index (χ2v) is 1.31. The number of alkyl halides is 3. The van der Waals surface area contributed by atoms with Crippen LogP contribution in [0.3, 0.4) is 0 Å². The van der Waals surface area contributed by atoms with Gasteiger partial charge in [0.2, 0.25) is 5.83 Å². The lowest BCUT2D eigenvalue weighted by molar-refractivity contribution is -0.128. The van der Waals surface area contributed by atoms with Gasteiger partial charge in [-0.3, -0.25) is 4.79 Å². The smallest absolute Gasteiger partial charge is 0.253 e. The highest BCUT2D eigenvalue weighted by Crippen LogP contribution is 2.19. The minimum Gasteiger partial charge on any atom is -0.253 e. The van der Waals surface area contributed by atoms with Gasteiger partial charge in [-0.25, -0.2) is 0 Å². The summed E-state index contributed by atoms with van der Waals surface area (Å²) in [5.41, 5.74) is 0. The van der Waals surface area contributed by atoms with Crippen LogP contribution in [0.25, 0.3) is 0 Å². The maximum absolute atomic E-state index is 11.4. The molecule has 0 heterocycles. The van der Waals surface area contributed by atoms with Crippen LogP contribution in [0.4, 0.5) is 22.0 Å². The topological polar surface area (TPSA) is 17.1 Å². The van der Waals surface area contributed by atoms with Crippen molar-refractivity contribution < 1.29 is 26.7 Å². The van der Waals surface area contributed by atoms with Gasteiger partial charge in [-0.1, -0.05) is 0 Å². The Balaban J connectivity index is 4.32. The minimum atomic E-state index is -4.99. The first-order valence-corrected chi connectivity index (χ1v) is 1.98. The van der Waals surface area contributed by atoms with E-state index >= 15 is 0 Å². The average molecular weight is 160 g/mol. The maximum Gasteiger partial charge on any atom is 0.412 e. The molecule has 10 heavy (non-hydrogen) atoms. The van der Waals surface area contributed by atoms with Crippen molar-refractivity contribution >= 4 is 6.04 Å². The highest BCUT2D eigenvalue weighted by molar-refractivity contribution is 5.84. The predicted octanol–water partition coefficient (Wildman–Crippen LogP) is 1.90. The molecule has 0 aromatic rings. The molecule has 0 aromatic heterocycles. The zero-order valence-electron chi connectivity index (χ0n) is 4.38. The Bertz CT molecular complexity index is 167. The van der Waals surface area contributed by atoms with Crippen molar-refractivity contribution in [2.24, 2.45) is 0 Å². The fourth-order valence-electron chi connectivity index (χ4n) is 0.200. The van der Waals surface area contributed by atoms with Gasteiger partial charge in [-0.2, -0.15) is 22.0 Å². The fourth-order valence-corrected chi connectivity index (χ4v) is 0.200. The van der Waals surface area contributed by atoms with E-state index in [0.717, 1.165) is 0 Å². The van der Waals surface area contributed by atoms with Crippen molar-refractivity contribution in [2.45, 2.75) is 6.18 Å². The van der Waals surface area contributed by atoms with Crippen molar-refractivity contribution in [3.8, 4) is 0 Å². The van der Waals surface area contributed by atoms with E-state index in [0.29, 0.717) is 0 Å². The second kappa shape index (κ2) is 2.76. The molecule has 1 nitrogen and oxygen atoms in total. The molecule has 0 saturated heterocycles. The van der Waals surface area contributed by atoms with E-state index in [2.05, 4.69) is 0 Å². The van der Waals surface area contributed by atoms with Gasteiger partial charge in [-0.15, -0.1) is 0 Å². The van der Waals surface area contributed by atoms with Gasteiger partial charge in [0.25, 0.3) is 0 Å². The van der Waals surface area contributed by atoms with Crippen LogP contribution in [0.1, 0.15) is 0 Å². The van der Waals surface area contributed by atoms with E-state index < -0.39 is 24.1 Å². The summed E-state index contributed by atoms with van der Waals surface area (Å²) in [6, 6.07) is -2.72. The molecule has 0 saturated carbocycles. The minimum absolute atomic E-state index is 1.05. The van der Waals surface area contributed by atoms with E-state index in [9.17, 15) is 26.7 Å². The number of hydrogen-bond acceptors (Lipinski definition) is 1. The second-order valence-electron chi connectivity index (χ2n) is 1.31. The highest BCUT2D eigenvalue weighted by Gasteiger charge is 2.27. The summed E-state index contributed by atoms with van der Waals surface area (Å²) >= 11 is 0. The Morgan fingerprint density at radius 3 is 1.70 bits per heavy atom. The molecule has 6 heteroatoms. The average Bonchev–Trinajstić information content (AvgIpc) is 1.60. The fraction of sp³-hybridized carbons (Fsp3) is 0.250. The number of hydrogen-bond donors (Lipinski definition) is 0. The van der Waals surface area contributed by atoms with Crippen molar-refractivity contribution in [1.29, 1.82) is 0 Å². The normalized spacial score (nSPS) is 13.5. The summed E-state index contributed by atoms with van der Waals surface area (Å²) in [5, 5.41) is 0. The zero-order valence-corrected chi connectivity index (χ0v) is 4.38. The molecular formula is C4HF5O. The monoisotopic (exact) mass is 160 g/mol. The SMILES string of the molecule is O=C(F)C(F)=CC(F)(F)F. The van der Waals surface area contributed by atoms with Crippen LogP contribution in [0, 0.1) is 0 Å². The van der Waals surface area contributed by atoms with Crippen molar-refractivity contribution in [2.75, 3.05) is 0 Å². The third-order valence-electron chi connectivity index (χ3n) is 0.478. The lowest BCUT2D eigenvalue weighted by Gasteiger charge is -1.95. The van der Waals surface area contributed by atoms with Gasteiger partial charge in [0.15, 0.2) is 0 Å². The molecule has 0 aliphatic heterocycles. The molecule has 0 atom stereocenters. The van der Waals surface area contributed by atoms with Crippen molar-refractivity contribution in [3.05, 3.63) is 11.9 Å². The predicted molar refractivity (Wildman–Crippen MR) is 21.4 cm³/mol. The standard InChI is InChI=1S/C4HF5O/c5-2(3(6)10)1-4(7,8)9/h1H. The van der Waals surface area contributed by atoms with E-state index in [-0.39, 0.29) is 0 Å². The third-order valence-corrected chi connectivity index (χ3v) is 0.478. The van der Waals surface area contributed by atoms with Crippen LogP contribution in [0.5, 0.6) is 0 Å². The molecule has 0 aromatic carbocycles. The molecule has 0 rings (SSSR count). The van der Waals surface area contributed by atoms with E-state index in [1.54, 1.807) is 0 Å².